The van der Waals surface area contributed by atoms with E-state index in [-0.39, 0.29) is 5.75 Å². The lowest BCUT2D eigenvalue weighted by molar-refractivity contribution is 0.347. The molecule has 6 nitrogen and oxygen atoms in total. The highest BCUT2D eigenvalue weighted by Gasteiger charge is 2.24. The van der Waals surface area contributed by atoms with Crippen LogP contribution in [-0.2, 0) is 16.6 Å². The van der Waals surface area contributed by atoms with Gasteiger partial charge in [-0.05, 0) is 50.3 Å². The van der Waals surface area contributed by atoms with Crippen LogP contribution in [0.25, 0.3) is 0 Å². The zero-order valence-electron chi connectivity index (χ0n) is 13.5. The molecule has 0 saturated heterocycles. The molecule has 1 fully saturated rings. The van der Waals surface area contributed by atoms with Crippen molar-refractivity contribution in [3.8, 4) is 0 Å². The molecule has 0 atom stereocenters. The molecule has 1 aromatic carbocycles. The second-order valence-electron chi connectivity index (χ2n) is 6.24. The summed E-state index contributed by atoms with van der Waals surface area (Å²) in [5.41, 5.74) is 1.60. The van der Waals surface area contributed by atoms with Crippen LogP contribution in [0.5, 0.6) is 0 Å². The van der Waals surface area contributed by atoms with Crippen LogP contribution >= 0.6 is 0 Å². The van der Waals surface area contributed by atoms with E-state index in [1.165, 1.54) is 0 Å². The highest BCUT2D eigenvalue weighted by molar-refractivity contribution is 7.92. The van der Waals surface area contributed by atoms with Gasteiger partial charge in [0.05, 0.1) is 12.3 Å². The van der Waals surface area contributed by atoms with Gasteiger partial charge in [0.25, 0.3) is 0 Å². The average molecular weight is 334 g/mol. The van der Waals surface area contributed by atoms with Gasteiger partial charge in [0.1, 0.15) is 11.6 Å². The van der Waals surface area contributed by atoms with E-state index in [9.17, 15) is 8.42 Å². The predicted octanol–water partition coefficient (Wildman–Crippen LogP) is 2.49. The maximum Gasteiger partial charge on any atom is 0.232 e. The molecule has 1 heterocycles. The van der Waals surface area contributed by atoms with Gasteiger partial charge in [-0.3, -0.25) is 4.72 Å². The lowest BCUT2D eigenvalue weighted by Crippen LogP contribution is -2.26. The topological polar surface area (TPSA) is 76.9 Å². The van der Waals surface area contributed by atoms with Gasteiger partial charge in [0, 0.05) is 5.69 Å². The molecule has 0 aliphatic heterocycles. The number of nitrogens with one attached hydrogen (secondary N) is 1. The molecule has 2 aromatic rings. The number of anilines is 1. The molecule has 1 saturated carbocycles. The Hall–Kier alpha value is -1.89. The van der Waals surface area contributed by atoms with Crippen molar-refractivity contribution in [3.63, 3.8) is 0 Å². The summed E-state index contributed by atoms with van der Waals surface area (Å²) in [5.74, 6) is 2.12. The molecule has 124 valence electrons. The third-order valence-electron chi connectivity index (χ3n) is 4.18. The first-order valence-electron chi connectivity index (χ1n) is 7.89. The quantitative estimate of drug-likeness (QED) is 0.880. The summed E-state index contributed by atoms with van der Waals surface area (Å²) >= 11 is 0. The largest absolute Gasteiger partial charge is 0.284 e. The van der Waals surface area contributed by atoms with Crippen molar-refractivity contribution in [3.05, 3.63) is 41.5 Å². The van der Waals surface area contributed by atoms with E-state index in [2.05, 4.69) is 14.8 Å². The predicted molar refractivity (Wildman–Crippen MR) is 89.8 cm³/mol. The molecule has 1 N–H and O–H groups in total. The van der Waals surface area contributed by atoms with E-state index in [4.69, 9.17) is 0 Å². The summed E-state index contributed by atoms with van der Waals surface area (Å²) in [7, 11) is -3.27. The van der Waals surface area contributed by atoms with Crippen molar-refractivity contribution in [1.82, 2.24) is 14.8 Å². The molecular weight excluding hydrogens is 312 g/mol. The van der Waals surface area contributed by atoms with Crippen molar-refractivity contribution < 1.29 is 8.42 Å². The molecular formula is C16H22N4O2S. The molecule has 0 amide bonds. The van der Waals surface area contributed by atoms with Crippen LogP contribution in [0.1, 0.15) is 36.5 Å². The van der Waals surface area contributed by atoms with Crippen LogP contribution in [0.15, 0.2) is 24.3 Å². The van der Waals surface area contributed by atoms with Crippen molar-refractivity contribution >= 4 is 15.7 Å². The van der Waals surface area contributed by atoms with Crippen LogP contribution in [-0.4, -0.2) is 28.9 Å². The Morgan fingerprint density at radius 3 is 2.70 bits per heavy atom. The van der Waals surface area contributed by atoms with Crippen LogP contribution in [0.4, 0.5) is 5.69 Å². The number of hydrogen-bond donors (Lipinski definition) is 1. The Bertz CT molecular complexity index is 794. The molecule has 0 unspecified atom stereocenters. The Balaban J connectivity index is 1.70. The third kappa shape index (κ3) is 4.10. The summed E-state index contributed by atoms with van der Waals surface area (Å²) in [4.78, 5) is 4.28. The highest BCUT2D eigenvalue weighted by atomic mass is 32.2. The van der Waals surface area contributed by atoms with Crippen molar-refractivity contribution in [2.24, 2.45) is 5.92 Å². The maximum absolute atomic E-state index is 12.2. The average Bonchev–Trinajstić information content (AvgIpc) is 2.72. The summed E-state index contributed by atoms with van der Waals surface area (Å²) in [5, 5.41) is 4.33. The number of aryl methyl sites for hydroxylation is 2. The fourth-order valence-corrected chi connectivity index (χ4v) is 4.33. The standard InChI is InChI=1S/C16H22N4O2S/c1-12-17-13(2)20(18-12)10-15-7-4-8-16(9-15)19-23(21,22)11-14-5-3-6-14/h4,7-9,14,19H,3,5-6,10-11H2,1-2H3. The number of hydrogen-bond acceptors (Lipinski definition) is 4. The fourth-order valence-electron chi connectivity index (χ4n) is 2.81. The lowest BCUT2D eigenvalue weighted by atomic mass is 9.87. The number of benzene rings is 1. The molecule has 1 aromatic heterocycles. The molecule has 1 aliphatic rings. The van der Waals surface area contributed by atoms with Crippen molar-refractivity contribution in [2.75, 3.05) is 10.5 Å². The molecule has 3 rings (SSSR count). The third-order valence-corrected chi connectivity index (χ3v) is 5.63. The van der Waals surface area contributed by atoms with E-state index in [1.54, 1.807) is 6.07 Å². The Kier molecular flexibility index (Phi) is 4.39. The van der Waals surface area contributed by atoms with Gasteiger partial charge < -0.3 is 0 Å². The molecule has 0 spiro atoms. The van der Waals surface area contributed by atoms with Crippen LogP contribution in [0.2, 0.25) is 0 Å². The van der Waals surface area contributed by atoms with Gasteiger partial charge in [-0.2, -0.15) is 5.10 Å². The first kappa shape index (κ1) is 16.0. The minimum Gasteiger partial charge on any atom is -0.284 e. The van der Waals surface area contributed by atoms with Gasteiger partial charge in [-0.25, -0.2) is 18.1 Å². The zero-order valence-corrected chi connectivity index (χ0v) is 14.3. The normalized spacial score (nSPS) is 15.4. The highest BCUT2D eigenvalue weighted by Crippen LogP contribution is 2.28. The molecule has 0 bridgehead atoms. The number of sulfonamides is 1. The number of rotatable bonds is 6. The van der Waals surface area contributed by atoms with Gasteiger partial charge >= 0.3 is 0 Å². The summed E-state index contributed by atoms with van der Waals surface area (Å²) in [6.45, 7) is 4.34. The molecule has 1 aliphatic carbocycles. The first-order chi connectivity index (χ1) is 10.9. The van der Waals surface area contributed by atoms with Gasteiger partial charge in [0.15, 0.2) is 0 Å². The second-order valence-corrected chi connectivity index (χ2v) is 8.01. The van der Waals surface area contributed by atoms with Gasteiger partial charge in [0.2, 0.25) is 10.0 Å². The molecule has 0 radical (unpaired) electrons. The second kappa shape index (κ2) is 6.31. The van der Waals surface area contributed by atoms with Gasteiger partial charge in [-0.15, -0.1) is 0 Å². The summed E-state index contributed by atoms with van der Waals surface area (Å²) < 4.78 is 28.9. The van der Waals surface area contributed by atoms with Crippen LogP contribution < -0.4 is 4.72 Å². The van der Waals surface area contributed by atoms with E-state index in [0.717, 1.165) is 36.5 Å². The Morgan fingerprint density at radius 2 is 2.09 bits per heavy atom. The van der Waals surface area contributed by atoms with Crippen molar-refractivity contribution in [1.29, 1.82) is 0 Å². The van der Waals surface area contributed by atoms with Crippen LogP contribution in [0.3, 0.4) is 0 Å². The van der Waals surface area contributed by atoms with Crippen LogP contribution in [0, 0.1) is 19.8 Å². The smallest absolute Gasteiger partial charge is 0.232 e. The number of aromatic nitrogens is 3. The van der Waals surface area contributed by atoms with E-state index in [1.807, 2.05) is 36.7 Å². The zero-order chi connectivity index (χ0) is 16.4. The minimum absolute atomic E-state index is 0.221. The first-order valence-corrected chi connectivity index (χ1v) is 9.54. The van der Waals surface area contributed by atoms with Crippen molar-refractivity contribution in [2.45, 2.75) is 39.7 Å². The maximum atomic E-state index is 12.2. The molecule has 7 heteroatoms. The van der Waals surface area contributed by atoms with Gasteiger partial charge in [-0.1, -0.05) is 18.6 Å². The SMILES string of the molecule is Cc1nc(C)n(Cc2cccc(NS(=O)(=O)CC3CCC3)c2)n1. The molecule has 23 heavy (non-hydrogen) atoms. The Morgan fingerprint density at radius 1 is 1.30 bits per heavy atom. The summed E-state index contributed by atoms with van der Waals surface area (Å²) in [6.07, 6.45) is 3.18. The van der Waals surface area contributed by atoms with E-state index in [0.29, 0.717) is 18.2 Å². The Labute approximate surface area is 137 Å². The fraction of sp³-hybridized carbons (Fsp3) is 0.500. The van der Waals surface area contributed by atoms with E-state index >= 15 is 0 Å². The lowest BCUT2D eigenvalue weighted by Gasteiger charge is -2.25. The van der Waals surface area contributed by atoms with E-state index < -0.39 is 10.0 Å². The monoisotopic (exact) mass is 334 g/mol. The number of nitrogens with zero attached hydrogens (tertiary/aromatic N) is 3. The summed E-state index contributed by atoms with van der Waals surface area (Å²) in [6, 6.07) is 7.45. The minimum atomic E-state index is -3.27.